The molecule has 0 atom stereocenters. The van der Waals surface area contributed by atoms with Crippen molar-refractivity contribution in [2.45, 2.75) is 71.1 Å². The number of hydrogen-bond acceptors (Lipinski definition) is 4. The van der Waals surface area contributed by atoms with Crippen LogP contribution in [0.3, 0.4) is 0 Å². The maximum absolute atomic E-state index is 10.5. The van der Waals surface area contributed by atoms with Gasteiger partial charge in [-0.05, 0) is 6.42 Å². The Balaban J connectivity index is 0. The van der Waals surface area contributed by atoms with Crippen molar-refractivity contribution in [1.29, 1.82) is 0 Å². The predicted molar refractivity (Wildman–Crippen MR) is 67.8 cm³/mol. The second-order valence-corrected chi connectivity index (χ2v) is 4.61. The molecule has 0 saturated carbocycles. The quantitative estimate of drug-likeness (QED) is 0.215. The van der Waals surface area contributed by atoms with Gasteiger partial charge in [-0.1, -0.05) is 64.7 Å². The molecule has 106 valence electrons. The number of hydrogen-bond donors (Lipinski definition) is 0. The zero-order valence-electron chi connectivity index (χ0n) is 12.4. The number of ether oxygens (including phenoxy) is 1. The monoisotopic (exact) mass is 280 g/mol. The number of carbonyl (C=O) groups excluding carboxylic acids is 2. The third-order valence-corrected chi connectivity index (χ3v) is 2.90. The fourth-order valence-corrected chi connectivity index (χ4v) is 1.81. The number of esters is 1. The molecule has 0 aromatic heterocycles. The van der Waals surface area contributed by atoms with Crippen molar-refractivity contribution in [3.63, 3.8) is 0 Å². The number of aliphatic carboxylic acids is 1. The molecule has 0 radical (unpaired) electrons. The van der Waals surface area contributed by atoms with Crippen LogP contribution in [0.2, 0.25) is 0 Å². The molecule has 0 amide bonds. The Morgan fingerprint density at radius 3 is 1.68 bits per heavy atom. The molecule has 0 fully saturated rings. The topological polar surface area (TPSA) is 66.4 Å². The molecule has 0 N–H and O–H groups in total. The summed E-state index contributed by atoms with van der Waals surface area (Å²) in [6, 6.07) is 0. The van der Waals surface area contributed by atoms with Gasteiger partial charge in [-0.2, -0.15) is 0 Å². The van der Waals surface area contributed by atoms with E-state index in [-0.39, 0.29) is 36.2 Å². The van der Waals surface area contributed by atoms with E-state index in [9.17, 15) is 14.7 Å². The van der Waals surface area contributed by atoms with Gasteiger partial charge in [0.1, 0.15) is 0 Å². The summed E-state index contributed by atoms with van der Waals surface area (Å²) in [4.78, 5) is 20.5. The predicted octanol–water partition coefficient (Wildman–Crippen LogP) is -0.796. The molecule has 0 unspecified atom stereocenters. The first-order valence-corrected chi connectivity index (χ1v) is 7.06. The molecule has 0 aliphatic rings. The van der Waals surface area contributed by atoms with Crippen molar-refractivity contribution in [2.75, 3.05) is 6.61 Å². The molecule has 19 heavy (non-hydrogen) atoms. The van der Waals surface area contributed by atoms with Crippen LogP contribution in [0.1, 0.15) is 71.1 Å². The first kappa shape index (κ1) is 21.2. The maximum atomic E-state index is 10.5. The second kappa shape index (κ2) is 16.0. The van der Waals surface area contributed by atoms with Crippen LogP contribution in [0.25, 0.3) is 0 Å². The summed E-state index contributed by atoms with van der Waals surface area (Å²) in [7, 11) is 0. The van der Waals surface area contributed by atoms with Crippen molar-refractivity contribution in [2.24, 2.45) is 0 Å². The Labute approximate surface area is 138 Å². The van der Waals surface area contributed by atoms with Gasteiger partial charge in [0.25, 0.3) is 0 Å². The molecular formula is C14H25NaO4. The van der Waals surface area contributed by atoms with E-state index < -0.39 is 11.9 Å². The molecule has 5 heteroatoms. The summed E-state index contributed by atoms with van der Waals surface area (Å²) in [5.74, 6) is -3.02. The van der Waals surface area contributed by atoms with E-state index in [0.717, 1.165) is 19.3 Å². The van der Waals surface area contributed by atoms with E-state index in [1.807, 2.05) is 0 Å². The van der Waals surface area contributed by atoms with Crippen LogP contribution in [0.4, 0.5) is 0 Å². The summed E-state index contributed by atoms with van der Waals surface area (Å²) in [5, 5.41) is 10.0. The van der Waals surface area contributed by atoms with Gasteiger partial charge in [-0.3, -0.25) is 0 Å². The second-order valence-electron chi connectivity index (χ2n) is 4.61. The molecule has 0 saturated heterocycles. The van der Waals surface area contributed by atoms with Gasteiger partial charge >= 0.3 is 35.5 Å². The summed E-state index contributed by atoms with van der Waals surface area (Å²) in [5.41, 5.74) is 0. The number of unbranched alkanes of at least 4 members (excludes halogenated alkanes) is 9. The Morgan fingerprint density at radius 2 is 1.26 bits per heavy atom. The van der Waals surface area contributed by atoms with Crippen molar-refractivity contribution in [3.05, 3.63) is 0 Å². The summed E-state index contributed by atoms with van der Waals surface area (Å²) < 4.78 is 4.47. The smallest absolute Gasteiger partial charge is 0.539 e. The zero-order chi connectivity index (χ0) is 13.6. The number of carbonyl (C=O) groups is 2. The van der Waals surface area contributed by atoms with Crippen LogP contribution in [0.5, 0.6) is 0 Å². The van der Waals surface area contributed by atoms with Crippen molar-refractivity contribution in [3.8, 4) is 0 Å². The summed E-state index contributed by atoms with van der Waals surface area (Å²) in [6.45, 7) is 2.40. The standard InChI is InChI=1S/C14H26O4.Na/c1-2-3-4-5-6-7-8-9-10-11-12-18-14(17)13(15)16;/h2-12H2,1H3,(H,15,16);/q;+1/p-1. The number of carboxylic acids is 1. The Hall–Kier alpha value is -0.0600. The molecule has 0 aromatic carbocycles. The van der Waals surface area contributed by atoms with Gasteiger partial charge in [0.2, 0.25) is 0 Å². The van der Waals surface area contributed by atoms with E-state index in [4.69, 9.17) is 0 Å². The summed E-state index contributed by atoms with van der Waals surface area (Å²) >= 11 is 0. The van der Waals surface area contributed by atoms with Gasteiger partial charge < -0.3 is 14.6 Å². The maximum Gasteiger partial charge on any atom is 1.00 e. The van der Waals surface area contributed by atoms with E-state index in [2.05, 4.69) is 11.7 Å². The van der Waals surface area contributed by atoms with Crippen LogP contribution in [-0.4, -0.2) is 18.5 Å². The first-order chi connectivity index (χ1) is 8.68. The average molecular weight is 280 g/mol. The Morgan fingerprint density at radius 1 is 0.842 bits per heavy atom. The van der Waals surface area contributed by atoms with Crippen LogP contribution in [0.15, 0.2) is 0 Å². The van der Waals surface area contributed by atoms with Crippen LogP contribution < -0.4 is 34.7 Å². The van der Waals surface area contributed by atoms with E-state index in [0.29, 0.717) is 0 Å². The largest absolute Gasteiger partial charge is 1.00 e. The van der Waals surface area contributed by atoms with E-state index in [1.165, 1.54) is 44.9 Å². The zero-order valence-corrected chi connectivity index (χ0v) is 14.4. The van der Waals surface area contributed by atoms with Crippen LogP contribution >= 0.6 is 0 Å². The number of carboxylic acid groups (broad SMARTS) is 1. The molecule has 4 nitrogen and oxygen atoms in total. The van der Waals surface area contributed by atoms with Gasteiger partial charge in [0.05, 0.1) is 6.61 Å². The molecule has 0 heterocycles. The third kappa shape index (κ3) is 15.9. The van der Waals surface area contributed by atoms with Crippen molar-refractivity contribution in [1.82, 2.24) is 0 Å². The fraction of sp³-hybridized carbons (Fsp3) is 0.857. The SMILES string of the molecule is CCCCCCCCCCCCOC(=O)C(=O)[O-].[Na+]. The Bertz CT molecular complexity index is 231. The van der Waals surface area contributed by atoms with Gasteiger partial charge in [-0.25, -0.2) is 4.79 Å². The normalized spacial score (nSPS) is 9.74. The van der Waals surface area contributed by atoms with Crippen molar-refractivity contribution < 1.29 is 49.0 Å². The molecular weight excluding hydrogens is 255 g/mol. The molecule has 0 aliphatic heterocycles. The third-order valence-electron chi connectivity index (χ3n) is 2.90. The Kier molecular flexibility index (Phi) is 17.9. The van der Waals surface area contributed by atoms with E-state index >= 15 is 0 Å². The molecule has 0 aliphatic carbocycles. The van der Waals surface area contributed by atoms with Gasteiger partial charge in [0.15, 0.2) is 5.97 Å². The van der Waals surface area contributed by atoms with Crippen LogP contribution in [-0.2, 0) is 14.3 Å². The van der Waals surface area contributed by atoms with E-state index in [1.54, 1.807) is 0 Å². The van der Waals surface area contributed by atoms with Gasteiger partial charge in [0, 0.05) is 0 Å². The van der Waals surface area contributed by atoms with Crippen LogP contribution in [0, 0.1) is 0 Å². The molecule has 0 rings (SSSR count). The van der Waals surface area contributed by atoms with Gasteiger partial charge in [-0.15, -0.1) is 0 Å². The molecule has 0 bridgehead atoms. The average Bonchev–Trinajstić information content (AvgIpc) is 2.35. The fourth-order valence-electron chi connectivity index (χ4n) is 1.81. The minimum atomic E-state index is -1.76. The molecule has 0 spiro atoms. The number of rotatable bonds is 11. The minimum absolute atomic E-state index is 0. The van der Waals surface area contributed by atoms with Crippen molar-refractivity contribution >= 4 is 11.9 Å². The minimum Gasteiger partial charge on any atom is -0.539 e. The first-order valence-electron chi connectivity index (χ1n) is 7.06. The molecule has 0 aromatic rings. The summed E-state index contributed by atoms with van der Waals surface area (Å²) in [6.07, 6.45) is 11.9.